The fourth-order valence-electron chi connectivity index (χ4n) is 0.820. The zero-order valence-electron chi connectivity index (χ0n) is 7.91. The molecule has 0 aromatic carbocycles. The summed E-state index contributed by atoms with van der Waals surface area (Å²) in [5.74, 6) is 0.281. The number of H-pyrrole nitrogens is 1. The molecule has 0 radical (unpaired) electrons. The zero-order valence-corrected chi connectivity index (χ0v) is 8.67. The third-order valence-electron chi connectivity index (χ3n) is 1.88. The van der Waals surface area contributed by atoms with Crippen LogP contribution in [0.2, 0.25) is 5.02 Å². The topological polar surface area (TPSA) is 78.0 Å². The van der Waals surface area contributed by atoms with Crippen LogP contribution in [0.15, 0.2) is 11.1 Å². The molecule has 0 spiro atoms. The Morgan fingerprint density at radius 1 is 1.64 bits per heavy atom. The van der Waals surface area contributed by atoms with E-state index in [-0.39, 0.29) is 16.9 Å². The van der Waals surface area contributed by atoms with E-state index in [9.17, 15) is 9.90 Å². The van der Waals surface area contributed by atoms with Crippen molar-refractivity contribution in [3.8, 4) is 0 Å². The Kier molecular flexibility index (Phi) is 3.49. The minimum absolute atomic E-state index is 0.000000000000000444. The van der Waals surface area contributed by atoms with Gasteiger partial charge >= 0.3 is 0 Å². The molecule has 3 N–H and O–H groups in total. The number of aromatic nitrogens is 2. The monoisotopic (exact) mass is 217 g/mol. The van der Waals surface area contributed by atoms with Crippen LogP contribution >= 0.6 is 11.6 Å². The van der Waals surface area contributed by atoms with E-state index >= 15 is 0 Å². The molecule has 0 aliphatic rings. The van der Waals surface area contributed by atoms with Crippen LogP contribution in [0.25, 0.3) is 0 Å². The van der Waals surface area contributed by atoms with Crippen LogP contribution in [-0.4, -0.2) is 27.2 Å². The summed E-state index contributed by atoms with van der Waals surface area (Å²) in [5, 5.41) is 12.1. The standard InChI is InChI=1S/C8H12ClN3O2/c1-4(5(2)13)12-7-6(9)8(14)11-3-10-7/h3-5,13H,1-2H3,(H2,10,11,12,14). The summed E-state index contributed by atoms with van der Waals surface area (Å²) in [7, 11) is 0. The number of halogens is 1. The summed E-state index contributed by atoms with van der Waals surface area (Å²) < 4.78 is 0. The molecule has 1 rings (SSSR count). The molecule has 5 nitrogen and oxygen atoms in total. The minimum Gasteiger partial charge on any atom is -0.391 e. The molecule has 14 heavy (non-hydrogen) atoms. The van der Waals surface area contributed by atoms with E-state index in [4.69, 9.17) is 11.6 Å². The first-order chi connectivity index (χ1) is 6.52. The van der Waals surface area contributed by atoms with E-state index in [1.54, 1.807) is 13.8 Å². The maximum absolute atomic E-state index is 11.1. The van der Waals surface area contributed by atoms with Crippen molar-refractivity contribution in [2.45, 2.75) is 26.0 Å². The lowest BCUT2D eigenvalue weighted by Gasteiger charge is -2.17. The van der Waals surface area contributed by atoms with Gasteiger partial charge in [0.1, 0.15) is 5.02 Å². The first-order valence-corrected chi connectivity index (χ1v) is 4.58. The van der Waals surface area contributed by atoms with Gasteiger partial charge in [0.25, 0.3) is 5.56 Å². The molecule has 1 aromatic heterocycles. The second kappa shape index (κ2) is 4.43. The lowest BCUT2D eigenvalue weighted by atomic mass is 10.2. The van der Waals surface area contributed by atoms with Crippen LogP contribution < -0.4 is 10.9 Å². The zero-order chi connectivity index (χ0) is 10.7. The van der Waals surface area contributed by atoms with E-state index in [0.717, 1.165) is 0 Å². The smallest absolute Gasteiger partial charge is 0.271 e. The molecule has 0 amide bonds. The second-order valence-corrected chi connectivity index (χ2v) is 3.45. The summed E-state index contributed by atoms with van der Waals surface area (Å²) in [6.07, 6.45) is 0.706. The van der Waals surface area contributed by atoms with Crippen molar-refractivity contribution in [1.82, 2.24) is 9.97 Å². The summed E-state index contributed by atoms with van der Waals surface area (Å²) in [6, 6.07) is -0.221. The third kappa shape index (κ3) is 2.46. The molecule has 0 saturated carbocycles. The van der Waals surface area contributed by atoms with Gasteiger partial charge in [-0.1, -0.05) is 11.6 Å². The molecule has 2 unspecified atom stereocenters. The highest BCUT2D eigenvalue weighted by Gasteiger charge is 2.12. The average Bonchev–Trinajstić information content (AvgIpc) is 2.12. The van der Waals surface area contributed by atoms with Crippen molar-refractivity contribution in [2.75, 3.05) is 5.32 Å². The van der Waals surface area contributed by atoms with Crippen molar-refractivity contribution in [3.63, 3.8) is 0 Å². The van der Waals surface area contributed by atoms with E-state index in [0.29, 0.717) is 0 Å². The third-order valence-corrected chi connectivity index (χ3v) is 2.24. The number of hydrogen-bond donors (Lipinski definition) is 3. The molecular formula is C8H12ClN3O2. The average molecular weight is 218 g/mol. The summed E-state index contributed by atoms with van der Waals surface area (Å²) in [4.78, 5) is 17.3. The Morgan fingerprint density at radius 3 is 2.86 bits per heavy atom. The number of aliphatic hydroxyl groups excluding tert-OH is 1. The number of nitrogens with zero attached hydrogens (tertiary/aromatic N) is 1. The van der Waals surface area contributed by atoms with Crippen molar-refractivity contribution < 1.29 is 5.11 Å². The Morgan fingerprint density at radius 2 is 2.29 bits per heavy atom. The largest absolute Gasteiger partial charge is 0.391 e. The van der Waals surface area contributed by atoms with E-state index in [1.807, 2.05) is 0 Å². The van der Waals surface area contributed by atoms with Gasteiger partial charge in [0.05, 0.1) is 18.5 Å². The van der Waals surface area contributed by atoms with E-state index in [2.05, 4.69) is 15.3 Å². The Hall–Kier alpha value is -1.07. The van der Waals surface area contributed by atoms with Crippen LogP contribution in [0.1, 0.15) is 13.8 Å². The Labute approximate surface area is 86.1 Å². The molecule has 0 aliphatic heterocycles. The van der Waals surface area contributed by atoms with E-state index in [1.165, 1.54) is 6.33 Å². The lowest BCUT2D eigenvalue weighted by Crippen LogP contribution is -2.29. The number of aromatic amines is 1. The van der Waals surface area contributed by atoms with Crippen LogP contribution in [0.3, 0.4) is 0 Å². The number of nitrogens with one attached hydrogen (secondary N) is 2. The highest BCUT2D eigenvalue weighted by molar-refractivity contribution is 6.32. The molecule has 6 heteroatoms. The van der Waals surface area contributed by atoms with Crippen molar-refractivity contribution in [1.29, 1.82) is 0 Å². The van der Waals surface area contributed by atoms with Gasteiger partial charge in [0.15, 0.2) is 5.82 Å². The van der Waals surface area contributed by atoms with Crippen molar-refractivity contribution >= 4 is 17.4 Å². The fourth-order valence-corrected chi connectivity index (χ4v) is 0.978. The maximum atomic E-state index is 11.1. The van der Waals surface area contributed by atoms with Gasteiger partial charge in [-0.05, 0) is 13.8 Å². The number of aliphatic hydroxyl groups is 1. The van der Waals surface area contributed by atoms with Crippen LogP contribution in [0, 0.1) is 0 Å². The molecule has 1 aromatic rings. The van der Waals surface area contributed by atoms with Gasteiger partial charge in [-0.25, -0.2) is 4.98 Å². The molecule has 78 valence electrons. The Balaban J connectivity index is 2.87. The summed E-state index contributed by atoms with van der Waals surface area (Å²) in [5.41, 5.74) is -0.401. The van der Waals surface area contributed by atoms with E-state index < -0.39 is 11.7 Å². The highest BCUT2D eigenvalue weighted by atomic mass is 35.5. The quantitative estimate of drug-likeness (QED) is 0.693. The van der Waals surface area contributed by atoms with Crippen molar-refractivity contribution in [3.05, 3.63) is 21.7 Å². The molecule has 0 saturated heterocycles. The lowest BCUT2D eigenvalue weighted by molar-refractivity contribution is 0.177. The molecular weight excluding hydrogens is 206 g/mol. The number of hydrogen-bond acceptors (Lipinski definition) is 4. The first kappa shape index (κ1) is 11.0. The summed E-state index contributed by atoms with van der Waals surface area (Å²) >= 11 is 5.69. The van der Waals surface area contributed by atoms with Crippen LogP contribution in [0.5, 0.6) is 0 Å². The highest BCUT2D eigenvalue weighted by Crippen LogP contribution is 2.13. The van der Waals surface area contributed by atoms with Gasteiger partial charge in [-0.2, -0.15) is 0 Å². The summed E-state index contributed by atoms with van der Waals surface area (Å²) in [6.45, 7) is 3.41. The minimum atomic E-state index is -0.549. The van der Waals surface area contributed by atoms with Gasteiger partial charge in [0, 0.05) is 0 Å². The fraction of sp³-hybridized carbons (Fsp3) is 0.500. The second-order valence-electron chi connectivity index (χ2n) is 3.07. The predicted octanol–water partition coefficient (Wildman–Crippen LogP) is 0.605. The molecule has 0 bridgehead atoms. The predicted molar refractivity (Wildman–Crippen MR) is 54.6 cm³/mol. The number of anilines is 1. The molecule has 1 heterocycles. The first-order valence-electron chi connectivity index (χ1n) is 4.20. The SMILES string of the molecule is CC(O)C(C)Nc1nc[nH]c(=O)c1Cl. The van der Waals surface area contributed by atoms with Crippen LogP contribution in [-0.2, 0) is 0 Å². The van der Waals surface area contributed by atoms with Gasteiger partial charge in [-0.3, -0.25) is 4.79 Å². The molecule has 0 aliphatic carbocycles. The van der Waals surface area contributed by atoms with Gasteiger partial charge in [0.2, 0.25) is 0 Å². The maximum Gasteiger partial charge on any atom is 0.271 e. The number of rotatable bonds is 3. The van der Waals surface area contributed by atoms with Crippen LogP contribution in [0.4, 0.5) is 5.82 Å². The normalized spacial score (nSPS) is 14.9. The molecule has 0 fully saturated rings. The Bertz CT molecular complexity index is 364. The van der Waals surface area contributed by atoms with Crippen molar-refractivity contribution in [2.24, 2.45) is 0 Å². The van der Waals surface area contributed by atoms with Gasteiger partial charge in [-0.15, -0.1) is 0 Å². The molecule has 2 atom stereocenters. The van der Waals surface area contributed by atoms with Gasteiger partial charge < -0.3 is 15.4 Å².